The van der Waals surface area contributed by atoms with Gasteiger partial charge in [0.05, 0.1) is 19.0 Å². The zero-order chi connectivity index (χ0) is 22.3. The number of para-hydroxylation sites is 1. The van der Waals surface area contributed by atoms with E-state index in [4.69, 9.17) is 9.47 Å². The van der Waals surface area contributed by atoms with Crippen LogP contribution in [0.1, 0.15) is 35.3 Å². The first-order chi connectivity index (χ1) is 15.7. The Balaban J connectivity index is 1.40. The molecule has 0 saturated heterocycles. The van der Waals surface area contributed by atoms with E-state index < -0.39 is 0 Å². The molecule has 4 rings (SSSR count). The first-order valence-electron chi connectivity index (χ1n) is 10.8. The van der Waals surface area contributed by atoms with Gasteiger partial charge in [0.1, 0.15) is 6.61 Å². The zero-order valence-electron chi connectivity index (χ0n) is 18.8. The molecule has 1 aromatic heterocycles. The molecule has 0 saturated carbocycles. The summed E-state index contributed by atoms with van der Waals surface area (Å²) in [4.78, 5) is 0. The van der Waals surface area contributed by atoms with E-state index in [1.807, 2.05) is 71.5 Å². The number of aromatic nitrogens is 2. The molecule has 5 nitrogen and oxygen atoms in total. The van der Waals surface area contributed by atoms with Gasteiger partial charge in [-0.2, -0.15) is 5.10 Å². The number of nitrogens with one attached hydrogen (secondary N) is 1. The Morgan fingerprint density at radius 1 is 0.906 bits per heavy atom. The minimum absolute atomic E-state index is 0.160. The standard InChI is InChI=1S/C27H29N3O2/c1-20(25-18-29-30(21(25)2)24-12-8-5-9-13-24)28-17-23-14-15-26(27(16-23)31-3)32-19-22-10-6-4-7-11-22/h4-16,18,20,28H,17,19H2,1-3H3. The Morgan fingerprint density at radius 2 is 1.62 bits per heavy atom. The minimum Gasteiger partial charge on any atom is -0.493 e. The van der Waals surface area contributed by atoms with Crippen molar-refractivity contribution in [1.29, 1.82) is 0 Å². The van der Waals surface area contributed by atoms with Gasteiger partial charge in [0.15, 0.2) is 11.5 Å². The molecule has 32 heavy (non-hydrogen) atoms. The number of ether oxygens (including phenoxy) is 2. The van der Waals surface area contributed by atoms with Crippen molar-refractivity contribution < 1.29 is 9.47 Å². The van der Waals surface area contributed by atoms with Crippen LogP contribution in [0.15, 0.2) is 85.1 Å². The average molecular weight is 428 g/mol. The van der Waals surface area contributed by atoms with E-state index >= 15 is 0 Å². The Kier molecular flexibility index (Phi) is 6.87. The van der Waals surface area contributed by atoms with Crippen molar-refractivity contribution in [1.82, 2.24) is 15.1 Å². The SMILES string of the molecule is COc1cc(CNC(C)c2cnn(-c3ccccc3)c2C)ccc1OCc1ccccc1. The third-order valence-corrected chi connectivity index (χ3v) is 5.59. The number of hydrogen-bond acceptors (Lipinski definition) is 4. The molecule has 0 aliphatic carbocycles. The van der Waals surface area contributed by atoms with Crippen LogP contribution in [0, 0.1) is 6.92 Å². The van der Waals surface area contributed by atoms with Gasteiger partial charge in [0.2, 0.25) is 0 Å². The molecular weight excluding hydrogens is 398 g/mol. The van der Waals surface area contributed by atoms with Crippen molar-refractivity contribution in [3.05, 3.63) is 107 Å². The Hall–Kier alpha value is -3.57. The summed E-state index contributed by atoms with van der Waals surface area (Å²) in [6.45, 7) is 5.49. The summed E-state index contributed by atoms with van der Waals surface area (Å²) in [6, 6.07) is 26.6. The summed E-state index contributed by atoms with van der Waals surface area (Å²) in [5.41, 5.74) is 5.65. The fourth-order valence-electron chi connectivity index (χ4n) is 3.73. The molecule has 3 aromatic carbocycles. The van der Waals surface area contributed by atoms with Gasteiger partial charge in [-0.15, -0.1) is 0 Å². The lowest BCUT2D eigenvalue weighted by atomic mass is 10.1. The number of nitrogens with zero attached hydrogens (tertiary/aromatic N) is 2. The molecule has 5 heteroatoms. The average Bonchev–Trinajstić information content (AvgIpc) is 3.24. The van der Waals surface area contributed by atoms with Crippen molar-refractivity contribution in [3.63, 3.8) is 0 Å². The van der Waals surface area contributed by atoms with Crippen molar-refractivity contribution in [3.8, 4) is 17.2 Å². The molecule has 0 spiro atoms. The van der Waals surface area contributed by atoms with Crippen LogP contribution in [0.4, 0.5) is 0 Å². The molecule has 4 aromatic rings. The summed E-state index contributed by atoms with van der Waals surface area (Å²) in [5.74, 6) is 1.48. The Bertz CT molecular complexity index is 1140. The predicted octanol–water partition coefficient (Wildman–Crippen LogP) is 5.62. The van der Waals surface area contributed by atoms with Gasteiger partial charge in [-0.05, 0) is 49.2 Å². The maximum absolute atomic E-state index is 5.97. The molecule has 0 radical (unpaired) electrons. The minimum atomic E-state index is 0.160. The van der Waals surface area contributed by atoms with E-state index in [9.17, 15) is 0 Å². The molecule has 0 amide bonds. The van der Waals surface area contributed by atoms with E-state index in [0.717, 1.165) is 34.0 Å². The second-order valence-electron chi connectivity index (χ2n) is 7.79. The normalized spacial score (nSPS) is 11.8. The highest BCUT2D eigenvalue weighted by Gasteiger charge is 2.14. The summed E-state index contributed by atoms with van der Waals surface area (Å²) < 4.78 is 13.5. The Morgan fingerprint density at radius 3 is 2.34 bits per heavy atom. The molecule has 164 valence electrons. The van der Waals surface area contributed by atoms with E-state index in [2.05, 4.69) is 42.5 Å². The smallest absolute Gasteiger partial charge is 0.161 e. The lowest BCUT2D eigenvalue weighted by Gasteiger charge is -2.16. The molecule has 1 N–H and O–H groups in total. The van der Waals surface area contributed by atoms with Crippen molar-refractivity contribution in [2.24, 2.45) is 0 Å². The highest BCUT2D eigenvalue weighted by atomic mass is 16.5. The quantitative estimate of drug-likeness (QED) is 0.377. The van der Waals surface area contributed by atoms with Crippen LogP contribution in [0.5, 0.6) is 11.5 Å². The molecular formula is C27H29N3O2. The van der Waals surface area contributed by atoms with Gasteiger partial charge in [-0.3, -0.25) is 0 Å². The van der Waals surface area contributed by atoms with Gasteiger partial charge in [-0.25, -0.2) is 4.68 Å². The van der Waals surface area contributed by atoms with E-state index in [-0.39, 0.29) is 6.04 Å². The van der Waals surface area contributed by atoms with Crippen LogP contribution in [0.3, 0.4) is 0 Å². The van der Waals surface area contributed by atoms with Gasteiger partial charge in [0, 0.05) is 23.8 Å². The second-order valence-corrected chi connectivity index (χ2v) is 7.79. The molecule has 0 bridgehead atoms. The molecule has 1 unspecified atom stereocenters. The van der Waals surface area contributed by atoms with Gasteiger partial charge >= 0.3 is 0 Å². The zero-order valence-corrected chi connectivity index (χ0v) is 18.8. The Labute approximate surface area is 189 Å². The van der Waals surface area contributed by atoms with Gasteiger partial charge in [-0.1, -0.05) is 54.6 Å². The summed E-state index contributed by atoms with van der Waals surface area (Å²) in [6.07, 6.45) is 1.95. The first-order valence-corrected chi connectivity index (χ1v) is 10.8. The maximum atomic E-state index is 5.97. The summed E-state index contributed by atoms with van der Waals surface area (Å²) >= 11 is 0. The van der Waals surface area contributed by atoms with E-state index in [1.54, 1.807) is 7.11 Å². The van der Waals surface area contributed by atoms with Crippen LogP contribution in [0.25, 0.3) is 5.69 Å². The topological polar surface area (TPSA) is 48.3 Å². The fourth-order valence-corrected chi connectivity index (χ4v) is 3.73. The largest absolute Gasteiger partial charge is 0.493 e. The third-order valence-electron chi connectivity index (χ3n) is 5.59. The van der Waals surface area contributed by atoms with Gasteiger partial charge in [0.25, 0.3) is 0 Å². The van der Waals surface area contributed by atoms with Crippen LogP contribution in [0.2, 0.25) is 0 Å². The lowest BCUT2D eigenvalue weighted by Crippen LogP contribution is -2.18. The molecule has 1 heterocycles. The second kappa shape index (κ2) is 10.2. The highest BCUT2D eigenvalue weighted by Crippen LogP contribution is 2.29. The molecule has 0 fully saturated rings. The predicted molar refractivity (Wildman–Crippen MR) is 127 cm³/mol. The molecule has 1 atom stereocenters. The molecule has 0 aliphatic rings. The van der Waals surface area contributed by atoms with E-state index in [0.29, 0.717) is 13.2 Å². The van der Waals surface area contributed by atoms with Crippen LogP contribution in [-0.4, -0.2) is 16.9 Å². The van der Waals surface area contributed by atoms with Crippen molar-refractivity contribution in [2.45, 2.75) is 33.0 Å². The number of benzene rings is 3. The number of hydrogen-bond donors (Lipinski definition) is 1. The molecule has 0 aliphatic heterocycles. The third kappa shape index (κ3) is 5.01. The fraction of sp³-hybridized carbons (Fsp3) is 0.222. The van der Waals surface area contributed by atoms with Crippen LogP contribution < -0.4 is 14.8 Å². The summed E-state index contributed by atoms with van der Waals surface area (Å²) in [7, 11) is 1.67. The highest BCUT2D eigenvalue weighted by molar-refractivity contribution is 5.43. The summed E-state index contributed by atoms with van der Waals surface area (Å²) in [5, 5.41) is 8.19. The first kappa shape index (κ1) is 21.7. The van der Waals surface area contributed by atoms with Crippen molar-refractivity contribution >= 4 is 0 Å². The number of rotatable bonds is 9. The van der Waals surface area contributed by atoms with E-state index in [1.165, 1.54) is 5.56 Å². The maximum Gasteiger partial charge on any atom is 0.161 e. The van der Waals surface area contributed by atoms with Crippen molar-refractivity contribution in [2.75, 3.05) is 7.11 Å². The lowest BCUT2D eigenvalue weighted by molar-refractivity contribution is 0.284. The van der Waals surface area contributed by atoms with Crippen LogP contribution in [-0.2, 0) is 13.2 Å². The van der Waals surface area contributed by atoms with Crippen LogP contribution >= 0.6 is 0 Å². The van der Waals surface area contributed by atoms with Gasteiger partial charge < -0.3 is 14.8 Å². The monoisotopic (exact) mass is 427 g/mol. The number of methoxy groups -OCH3 is 1.